The summed E-state index contributed by atoms with van der Waals surface area (Å²) in [5.74, 6) is -0.384. The number of fused-ring (bicyclic) bond motifs is 1. The number of halogens is 3. The minimum absolute atomic E-state index is 0.0920. The van der Waals surface area contributed by atoms with E-state index in [-0.39, 0.29) is 23.7 Å². The zero-order valence-electron chi connectivity index (χ0n) is 17.3. The molecule has 0 aliphatic carbocycles. The highest BCUT2D eigenvalue weighted by Crippen LogP contribution is 2.38. The number of hydrogen-bond donors (Lipinski definition) is 2. The number of nitrogens with zero attached hydrogens (tertiary/aromatic N) is 2. The number of nitrogens with one attached hydrogen (secondary N) is 2. The summed E-state index contributed by atoms with van der Waals surface area (Å²) in [4.78, 5) is 26.8. The predicted octanol–water partition coefficient (Wildman–Crippen LogP) is 3.44. The fourth-order valence-corrected chi connectivity index (χ4v) is 4.57. The van der Waals surface area contributed by atoms with Gasteiger partial charge in [0.1, 0.15) is 5.78 Å². The van der Waals surface area contributed by atoms with Gasteiger partial charge in [0.15, 0.2) is 5.69 Å². The van der Waals surface area contributed by atoms with Crippen molar-refractivity contribution in [1.82, 2.24) is 20.4 Å². The van der Waals surface area contributed by atoms with Crippen LogP contribution >= 0.6 is 0 Å². The van der Waals surface area contributed by atoms with E-state index in [0.717, 1.165) is 17.3 Å². The van der Waals surface area contributed by atoms with Crippen molar-refractivity contribution in [2.45, 2.75) is 57.3 Å². The molecule has 2 aliphatic heterocycles. The summed E-state index contributed by atoms with van der Waals surface area (Å²) in [6, 6.07) is 5.35. The molecule has 31 heavy (non-hydrogen) atoms. The van der Waals surface area contributed by atoms with Crippen LogP contribution in [-0.2, 0) is 23.9 Å². The van der Waals surface area contributed by atoms with E-state index in [4.69, 9.17) is 0 Å². The zero-order chi connectivity index (χ0) is 22.2. The minimum atomic E-state index is -4.39. The topological polar surface area (TPSA) is 78.1 Å². The molecule has 0 saturated carbocycles. The van der Waals surface area contributed by atoms with Crippen LogP contribution in [0.4, 0.5) is 13.2 Å². The first-order valence-electron chi connectivity index (χ1n) is 10.6. The Balaban J connectivity index is 1.46. The molecule has 0 radical (unpaired) electrons. The molecule has 4 rings (SSSR count). The number of carbonyl (C=O) groups excluding carboxylic acids is 2. The van der Waals surface area contributed by atoms with Crippen LogP contribution in [0.25, 0.3) is 0 Å². The van der Waals surface area contributed by atoms with Gasteiger partial charge in [-0.15, -0.1) is 0 Å². The smallest absolute Gasteiger partial charge is 0.337 e. The molecular formula is C22H25F3N4O2. The van der Waals surface area contributed by atoms with Crippen LogP contribution in [-0.4, -0.2) is 45.9 Å². The van der Waals surface area contributed by atoms with Gasteiger partial charge in [0, 0.05) is 31.6 Å². The van der Waals surface area contributed by atoms with Gasteiger partial charge in [-0.1, -0.05) is 25.1 Å². The largest absolute Gasteiger partial charge is 0.416 e. The second kappa shape index (κ2) is 8.45. The molecule has 0 spiro atoms. The van der Waals surface area contributed by atoms with E-state index >= 15 is 0 Å². The molecule has 2 N–H and O–H groups in total. The van der Waals surface area contributed by atoms with Crippen LogP contribution < -0.4 is 5.32 Å². The highest BCUT2D eigenvalue weighted by atomic mass is 19.4. The predicted molar refractivity (Wildman–Crippen MR) is 108 cm³/mol. The van der Waals surface area contributed by atoms with Crippen LogP contribution in [0.5, 0.6) is 0 Å². The van der Waals surface area contributed by atoms with Gasteiger partial charge in [0.05, 0.1) is 17.3 Å². The van der Waals surface area contributed by atoms with E-state index in [9.17, 15) is 22.8 Å². The van der Waals surface area contributed by atoms with Crippen LogP contribution in [0, 0.1) is 0 Å². The van der Waals surface area contributed by atoms with Crippen LogP contribution in [0.3, 0.4) is 0 Å². The summed E-state index contributed by atoms with van der Waals surface area (Å²) in [6.07, 6.45) is -2.64. The van der Waals surface area contributed by atoms with E-state index in [1.165, 1.54) is 12.1 Å². The Bertz CT molecular complexity index is 977. The molecular weight excluding hydrogens is 409 g/mol. The van der Waals surface area contributed by atoms with Gasteiger partial charge in [-0.25, -0.2) is 0 Å². The molecule has 2 aromatic rings. The maximum atomic E-state index is 13.4. The molecule has 1 unspecified atom stereocenters. The molecule has 1 saturated heterocycles. The van der Waals surface area contributed by atoms with E-state index in [2.05, 4.69) is 15.5 Å². The number of piperidine rings is 1. The van der Waals surface area contributed by atoms with Crippen LogP contribution in [0.15, 0.2) is 24.3 Å². The highest BCUT2D eigenvalue weighted by molar-refractivity contribution is 5.94. The third-order valence-corrected chi connectivity index (χ3v) is 6.31. The Kier molecular flexibility index (Phi) is 5.88. The number of aromatic nitrogens is 2. The van der Waals surface area contributed by atoms with E-state index in [1.54, 1.807) is 11.0 Å². The monoisotopic (exact) mass is 434 g/mol. The highest BCUT2D eigenvalue weighted by Gasteiger charge is 2.37. The maximum Gasteiger partial charge on any atom is 0.416 e. The number of rotatable bonds is 4. The molecule has 9 heteroatoms. The lowest BCUT2D eigenvalue weighted by Crippen LogP contribution is -2.43. The number of amides is 1. The van der Waals surface area contributed by atoms with Crippen molar-refractivity contribution < 1.29 is 22.8 Å². The van der Waals surface area contributed by atoms with E-state index in [0.29, 0.717) is 56.6 Å². The Morgan fingerprint density at radius 2 is 1.90 bits per heavy atom. The lowest BCUT2D eigenvalue weighted by atomic mass is 9.86. The van der Waals surface area contributed by atoms with Crippen molar-refractivity contribution in [1.29, 1.82) is 0 Å². The zero-order valence-corrected chi connectivity index (χ0v) is 17.3. The molecule has 0 bridgehead atoms. The molecule has 3 heterocycles. The summed E-state index contributed by atoms with van der Waals surface area (Å²) in [7, 11) is 0. The summed E-state index contributed by atoms with van der Waals surface area (Å²) < 4.78 is 40.1. The molecule has 1 aromatic heterocycles. The first-order chi connectivity index (χ1) is 14.8. The number of alkyl halides is 3. The third-order valence-electron chi connectivity index (χ3n) is 6.31. The second-order valence-corrected chi connectivity index (χ2v) is 8.14. The molecule has 1 amide bonds. The van der Waals surface area contributed by atoms with Crippen LogP contribution in [0.1, 0.15) is 65.0 Å². The number of H-pyrrole nitrogens is 1. The lowest BCUT2D eigenvalue weighted by molar-refractivity contribution is -0.138. The summed E-state index contributed by atoms with van der Waals surface area (Å²) in [5, 5.41) is 10.2. The number of benzene rings is 1. The van der Waals surface area contributed by atoms with Crippen molar-refractivity contribution in [3.63, 3.8) is 0 Å². The van der Waals surface area contributed by atoms with Crippen molar-refractivity contribution in [3.05, 3.63) is 52.3 Å². The first kappa shape index (κ1) is 21.5. The van der Waals surface area contributed by atoms with Gasteiger partial charge in [-0.3, -0.25) is 14.7 Å². The lowest BCUT2D eigenvalue weighted by Gasteiger charge is -2.33. The Hall–Kier alpha value is -2.68. The van der Waals surface area contributed by atoms with Crippen molar-refractivity contribution in [2.24, 2.45) is 0 Å². The Labute approximate surface area is 178 Å². The normalized spacial score (nSPS) is 19.9. The second-order valence-electron chi connectivity index (χ2n) is 8.14. The average molecular weight is 434 g/mol. The molecule has 6 nitrogen and oxygen atoms in total. The molecule has 1 aromatic carbocycles. The van der Waals surface area contributed by atoms with E-state index in [1.807, 2.05) is 6.92 Å². The Morgan fingerprint density at radius 1 is 1.19 bits per heavy atom. The third kappa shape index (κ3) is 4.23. The van der Waals surface area contributed by atoms with Gasteiger partial charge >= 0.3 is 6.18 Å². The summed E-state index contributed by atoms with van der Waals surface area (Å²) in [5.41, 5.74) is 1.59. The fourth-order valence-electron chi connectivity index (χ4n) is 4.57. The van der Waals surface area contributed by atoms with Crippen molar-refractivity contribution >= 4 is 11.7 Å². The number of hydrogen-bond acceptors (Lipinski definition) is 4. The molecule has 166 valence electrons. The van der Waals surface area contributed by atoms with Gasteiger partial charge in [0.25, 0.3) is 5.91 Å². The average Bonchev–Trinajstić information content (AvgIpc) is 3.21. The summed E-state index contributed by atoms with van der Waals surface area (Å²) >= 11 is 0. The standard InChI is InChI=1S/C22H25F3N4O2/c1-2-19(30)17-11-15-18(12-26-17)27-28-20(15)21(31)29-9-7-13(8-10-29)14-5-3-4-6-16(14)22(23,24)25/h3-6,13,17,26H,2,7-12H2,1H3,(H,27,28). The van der Waals surface area contributed by atoms with Crippen LogP contribution in [0.2, 0.25) is 0 Å². The minimum Gasteiger partial charge on any atom is -0.337 e. The SMILES string of the molecule is CCC(=O)C1Cc2c(C(=O)N3CCC(c4ccccc4C(F)(F)F)CC3)n[nH]c2CN1. The Morgan fingerprint density at radius 3 is 2.58 bits per heavy atom. The maximum absolute atomic E-state index is 13.4. The summed E-state index contributed by atoms with van der Waals surface area (Å²) in [6.45, 7) is 2.99. The molecule has 1 fully saturated rings. The fraction of sp³-hybridized carbons (Fsp3) is 0.500. The van der Waals surface area contributed by atoms with E-state index < -0.39 is 11.7 Å². The molecule has 1 atom stereocenters. The molecule has 2 aliphatic rings. The number of aromatic amines is 1. The number of likely N-dealkylation sites (tertiary alicyclic amines) is 1. The number of Topliss-reactive ketones (excluding diaryl/α,β-unsaturated/α-hetero) is 1. The van der Waals surface area contributed by atoms with Crippen molar-refractivity contribution in [3.8, 4) is 0 Å². The first-order valence-corrected chi connectivity index (χ1v) is 10.6. The van der Waals surface area contributed by atoms with Gasteiger partial charge in [0.2, 0.25) is 0 Å². The number of carbonyl (C=O) groups is 2. The van der Waals surface area contributed by atoms with Crippen molar-refractivity contribution in [2.75, 3.05) is 13.1 Å². The van der Waals surface area contributed by atoms with Gasteiger partial charge in [-0.2, -0.15) is 18.3 Å². The van der Waals surface area contributed by atoms with Gasteiger partial charge < -0.3 is 10.2 Å². The van der Waals surface area contributed by atoms with Gasteiger partial charge in [-0.05, 0) is 36.8 Å². The quantitative estimate of drug-likeness (QED) is 0.773. The number of ketones is 1.